The molecular formula is C19H35N5O7. The van der Waals surface area contributed by atoms with Crippen LogP contribution in [-0.2, 0) is 24.0 Å². The van der Waals surface area contributed by atoms with Crippen molar-refractivity contribution in [1.82, 2.24) is 16.0 Å². The van der Waals surface area contributed by atoms with E-state index in [0.717, 1.165) is 0 Å². The molecule has 3 amide bonds. The number of rotatable bonds is 15. The zero-order valence-corrected chi connectivity index (χ0v) is 18.2. The fraction of sp³-hybridized carbons (Fsp3) is 0.737. The first-order chi connectivity index (χ1) is 14.4. The molecule has 12 heteroatoms. The number of aliphatic carboxylic acids is 2. The monoisotopic (exact) mass is 445 g/mol. The van der Waals surface area contributed by atoms with E-state index in [4.69, 9.17) is 16.6 Å². The van der Waals surface area contributed by atoms with Crippen LogP contribution < -0.4 is 27.4 Å². The van der Waals surface area contributed by atoms with Gasteiger partial charge < -0.3 is 37.6 Å². The number of carbonyl (C=O) groups is 5. The Morgan fingerprint density at radius 3 is 2.00 bits per heavy atom. The van der Waals surface area contributed by atoms with E-state index in [0.29, 0.717) is 25.8 Å². The average Bonchev–Trinajstić information content (AvgIpc) is 2.69. The van der Waals surface area contributed by atoms with Crippen molar-refractivity contribution in [3.8, 4) is 0 Å². The standard InChI is InChI=1S/C19H35N5O7/c1-4-10(2)15(19(30)31)24-16(27)11(3)22-18(29)13(7-5-6-8-20)23-17(28)12(21)9-14(25)26/h10-13,15H,4-9,20-21H2,1-3H3,(H,22,29)(H,23,28)(H,24,27)(H,25,26)(H,30,31). The number of nitrogens with one attached hydrogen (secondary N) is 3. The Morgan fingerprint density at radius 1 is 0.903 bits per heavy atom. The maximum atomic E-state index is 12.6. The molecule has 0 heterocycles. The molecule has 0 aromatic rings. The highest BCUT2D eigenvalue weighted by atomic mass is 16.4. The second kappa shape index (κ2) is 14.3. The second-order valence-corrected chi connectivity index (χ2v) is 7.49. The Bertz CT molecular complexity index is 643. The molecule has 31 heavy (non-hydrogen) atoms. The highest BCUT2D eigenvalue weighted by Gasteiger charge is 2.30. The molecule has 5 atom stereocenters. The molecule has 0 spiro atoms. The Balaban J connectivity index is 5.12. The molecule has 0 saturated heterocycles. The van der Waals surface area contributed by atoms with Gasteiger partial charge in [-0.1, -0.05) is 20.3 Å². The predicted molar refractivity (Wildman–Crippen MR) is 112 cm³/mol. The number of hydrogen-bond acceptors (Lipinski definition) is 7. The fourth-order valence-electron chi connectivity index (χ4n) is 2.66. The van der Waals surface area contributed by atoms with Gasteiger partial charge in [-0.2, -0.15) is 0 Å². The SMILES string of the molecule is CCC(C)C(NC(=O)C(C)NC(=O)C(CCCCN)NC(=O)C(N)CC(=O)O)C(=O)O. The summed E-state index contributed by atoms with van der Waals surface area (Å²) in [5.74, 6) is -4.92. The summed E-state index contributed by atoms with van der Waals surface area (Å²) >= 11 is 0. The fourth-order valence-corrected chi connectivity index (χ4v) is 2.66. The first-order valence-corrected chi connectivity index (χ1v) is 10.3. The normalized spacial score (nSPS) is 15.6. The van der Waals surface area contributed by atoms with Crippen LogP contribution in [0.15, 0.2) is 0 Å². The summed E-state index contributed by atoms with van der Waals surface area (Å²) in [6.45, 7) is 5.25. The lowest BCUT2D eigenvalue weighted by Gasteiger charge is -2.25. The third-order valence-electron chi connectivity index (χ3n) is 4.84. The van der Waals surface area contributed by atoms with E-state index < -0.39 is 60.2 Å². The lowest BCUT2D eigenvalue weighted by molar-refractivity contribution is -0.143. The van der Waals surface area contributed by atoms with E-state index in [2.05, 4.69) is 16.0 Å². The van der Waals surface area contributed by atoms with Crippen molar-refractivity contribution in [3.05, 3.63) is 0 Å². The molecule has 0 rings (SSSR count). The van der Waals surface area contributed by atoms with Crippen molar-refractivity contribution in [2.24, 2.45) is 17.4 Å². The van der Waals surface area contributed by atoms with Crippen LogP contribution in [0.1, 0.15) is 52.9 Å². The molecule has 0 aromatic carbocycles. The van der Waals surface area contributed by atoms with Gasteiger partial charge in [0, 0.05) is 0 Å². The molecule has 9 N–H and O–H groups in total. The Kier molecular flexibility index (Phi) is 13.0. The summed E-state index contributed by atoms with van der Waals surface area (Å²) in [4.78, 5) is 59.2. The van der Waals surface area contributed by atoms with E-state index in [-0.39, 0.29) is 12.3 Å². The molecular weight excluding hydrogens is 410 g/mol. The van der Waals surface area contributed by atoms with Crippen molar-refractivity contribution in [3.63, 3.8) is 0 Å². The highest BCUT2D eigenvalue weighted by Crippen LogP contribution is 2.08. The Hall–Kier alpha value is -2.73. The third kappa shape index (κ3) is 10.7. The van der Waals surface area contributed by atoms with E-state index in [1.165, 1.54) is 6.92 Å². The molecule has 0 aliphatic heterocycles. The molecule has 0 aliphatic rings. The maximum absolute atomic E-state index is 12.6. The topological polar surface area (TPSA) is 214 Å². The minimum atomic E-state index is -1.34. The van der Waals surface area contributed by atoms with Gasteiger partial charge in [-0.15, -0.1) is 0 Å². The van der Waals surface area contributed by atoms with Crippen molar-refractivity contribution < 1.29 is 34.2 Å². The molecule has 0 aliphatic carbocycles. The van der Waals surface area contributed by atoms with Gasteiger partial charge in [0.25, 0.3) is 0 Å². The number of carboxylic acid groups (broad SMARTS) is 2. The van der Waals surface area contributed by atoms with Crippen LogP contribution in [0.25, 0.3) is 0 Å². The number of carboxylic acids is 2. The third-order valence-corrected chi connectivity index (χ3v) is 4.84. The Labute approximate surface area is 181 Å². The number of unbranched alkanes of at least 4 members (excludes halogenated alkanes) is 1. The summed E-state index contributed by atoms with van der Waals surface area (Å²) in [6, 6.07) is -4.57. The van der Waals surface area contributed by atoms with Gasteiger partial charge in [0.15, 0.2) is 0 Å². The van der Waals surface area contributed by atoms with Crippen LogP contribution in [0, 0.1) is 5.92 Å². The maximum Gasteiger partial charge on any atom is 0.326 e. The smallest absolute Gasteiger partial charge is 0.326 e. The number of nitrogens with two attached hydrogens (primary N) is 2. The Morgan fingerprint density at radius 2 is 1.52 bits per heavy atom. The lowest BCUT2D eigenvalue weighted by atomic mass is 9.99. The van der Waals surface area contributed by atoms with E-state index in [1.54, 1.807) is 13.8 Å². The summed E-state index contributed by atoms with van der Waals surface area (Å²) in [5, 5.41) is 25.3. The van der Waals surface area contributed by atoms with Crippen LogP contribution in [-0.4, -0.2) is 70.6 Å². The second-order valence-electron chi connectivity index (χ2n) is 7.49. The van der Waals surface area contributed by atoms with Crippen molar-refractivity contribution >= 4 is 29.7 Å². The number of hydrogen-bond donors (Lipinski definition) is 7. The minimum Gasteiger partial charge on any atom is -0.481 e. The van der Waals surface area contributed by atoms with Gasteiger partial charge in [-0.05, 0) is 38.6 Å². The van der Waals surface area contributed by atoms with Crippen LogP contribution in [0.5, 0.6) is 0 Å². The number of carbonyl (C=O) groups excluding carboxylic acids is 3. The largest absolute Gasteiger partial charge is 0.481 e. The summed E-state index contributed by atoms with van der Waals surface area (Å²) in [5.41, 5.74) is 11.0. The number of amides is 3. The molecule has 0 fully saturated rings. The van der Waals surface area contributed by atoms with Gasteiger partial charge in [0.1, 0.15) is 18.1 Å². The predicted octanol–water partition coefficient (Wildman–Crippen LogP) is -1.48. The molecule has 0 saturated carbocycles. The first kappa shape index (κ1) is 28.3. The van der Waals surface area contributed by atoms with Crippen molar-refractivity contribution in [1.29, 1.82) is 0 Å². The molecule has 0 radical (unpaired) electrons. The zero-order valence-electron chi connectivity index (χ0n) is 18.2. The lowest BCUT2D eigenvalue weighted by Crippen LogP contribution is -2.57. The summed E-state index contributed by atoms with van der Waals surface area (Å²) in [6.07, 6.45) is 1.22. The van der Waals surface area contributed by atoms with Crippen molar-refractivity contribution in [2.45, 2.75) is 77.0 Å². The van der Waals surface area contributed by atoms with Gasteiger partial charge in [-0.3, -0.25) is 19.2 Å². The van der Waals surface area contributed by atoms with Gasteiger partial charge >= 0.3 is 11.9 Å². The van der Waals surface area contributed by atoms with E-state index >= 15 is 0 Å². The highest BCUT2D eigenvalue weighted by molar-refractivity contribution is 5.94. The van der Waals surface area contributed by atoms with E-state index in [1.807, 2.05) is 0 Å². The quantitative estimate of drug-likeness (QED) is 0.146. The van der Waals surface area contributed by atoms with Crippen molar-refractivity contribution in [2.75, 3.05) is 6.54 Å². The minimum absolute atomic E-state index is 0.202. The van der Waals surface area contributed by atoms with Gasteiger partial charge in [-0.25, -0.2) is 4.79 Å². The first-order valence-electron chi connectivity index (χ1n) is 10.3. The van der Waals surface area contributed by atoms with Crippen LogP contribution in [0.3, 0.4) is 0 Å². The summed E-state index contributed by atoms with van der Waals surface area (Å²) < 4.78 is 0. The molecule has 0 aromatic heterocycles. The van der Waals surface area contributed by atoms with Gasteiger partial charge in [0.05, 0.1) is 12.5 Å². The molecule has 0 bridgehead atoms. The molecule has 12 nitrogen and oxygen atoms in total. The summed E-state index contributed by atoms with van der Waals surface area (Å²) in [7, 11) is 0. The van der Waals surface area contributed by atoms with Crippen LogP contribution in [0.4, 0.5) is 0 Å². The van der Waals surface area contributed by atoms with Gasteiger partial charge in [0.2, 0.25) is 17.7 Å². The van der Waals surface area contributed by atoms with E-state index in [9.17, 15) is 29.1 Å². The molecule has 5 unspecified atom stereocenters. The average molecular weight is 446 g/mol. The van der Waals surface area contributed by atoms with Crippen LogP contribution in [0.2, 0.25) is 0 Å². The zero-order chi connectivity index (χ0) is 24.1. The van der Waals surface area contributed by atoms with Crippen LogP contribution >= 0.6 is 0 Å². The molecule has 178 valence electrons.